The van der Waals surface area contributed by atoms with Crippen LogP contribution in [0.15, 0.2) is 18.2 Å². The smallest absolute Gasteiger partial charge is 0.122 e. The molecule has 0 amide bonds. The van der Waals surface area contributed by atoms with Crippen molar-refractivity contribution in [1.82, 2.24) is 5.32 Å². The Hall–Kier alpha value is -1.02. The minimum Gasteiger partial charge on any atom is -0.489 e. The van der Waals surface area contributed by atoms with E-state index < -0.39 is 0 Å². The van der Waals surface area contributed by atoms with Gasteiger partial charge in [-0.2, -0.15) is 0 Å². The lowest BCUT2D eigenvalue weighted by atomic mass is 10.1. The number of ether oxygens (including phenoxy) is 1. The zero-order chi connectivity index (χ0) is 13.0. The summed E-state index contributed by atoms with van der Waals surface area (Å²) in [5.41, 5.74) is 2.53. The van der Waals surface area contributed by atoms with Gasteiger partial charge in [0.25, 0.3) is 0 Å². The van der Waals surface area contributed by atoms with Crippen LogP contribution >= 0.6 is 0 Å². The summed E-state index contributed by atoms with van der Waals surface area (Å²) >= 11 is 0. The number of nitrogens with one attached hydrogen (secondary N) is 1. The zero-order valence-electron chi connectivity index (χ0n) is 11.8. The van der Waals surface area contributed by atoms with E-state index >= 15 is 0 Å². The second kappa shape index (κ2) is 6.24. The maximum Gasteiger partial charge on any atom is 0.122 e. The summed E-state index contributed by atoms with van der Waals surface area (Å²) in [6, 6.07) is 7.17. The molecule has 1 unspecified atom stereocenters. The Labute approximate surface area is 111 Å². The van der Waals surface area contributed by atoms with Crippen molar-refractivity contribution in [2.75, 3.05) is 6.54 Å². The van der Waals surface area contributed by atoms with Crippen LogP contribution in [0, 0.1) is 13.8 Å². The Kier molecular flexibility index (Phi) is 4.65. The molecule has 18 heavy (non-hydrogen) atoms. The van der Waals surface area contributed by atoms with Crippen molar-refractivity contribution < 1.29 is 4.74 Å². The monoisotopic (exact) mass is 247 g/mol. The number of hydrogen-bond acceptors (Lipinski definition) is 2. The van der Waals surface area contributed by atoms with Crippen molar-refractivity contribution in [3.05, 3.63) is 29.3 Å². The molecule has 1 aliphatic rings. The van der Waals surface area contributed by atoms with Gasteiger partial charge in [0, 0.05) is 12.6 Å². The van der Waals surface area contributed by atoms with Gasteiger partial charge >= 0.3 is 0 Å². The van der Waals surface area contributed by atoms with Crippen LogP contribution in [-0.4, -0.2) is 18.7 Å². The Morgan fingerprint density at radius 2 is 2.11 bits per heavy atom. The predicted octanol–water partition coefficient (Wildman–Crippen LogP) is 3.60. The molecule has 1 fully saturated rings. The third kappa shape index (κ3) is 4.02. The average molecular weight is 247 g/mol. The van der Waals surface area contributed by atoms with Crippen molar-refractivity contribution in [3.8, 4) is 5.75 Å². The second-order valence-electron chi connectivity index (χ2n) is 5.48. The molecule has 0 radical (unpaired) electrons. The average Bonchev–Trinajstić information content (AvgIpc) is 3.13. The van der Waals surface area contributed by atoms with Crippen molar-refractivity contribution in [1.29, 1.82) is 0 Å². The molecular formula is C16H25NO. The fourth-order valence-electron chi connectivity index (χ4n) is 2.22. The van der Waals surface area contributed by atoms with Crippen LogP contribution in [0.1, 0.15) is 43.7 Å². The van der Waals surface area contributed by atoms with Crippen molar-refractivity contribution in [3.63, 3.8) is 0 Å². The molecule has 0 heterocycles. The summed E-state index contributed by atoms with van der Waals surface area (Å²) in [5, 5.41) is 3.57. The zero-order valence-corrected chi connectivity index (χ0v) is 11.8. The largest absolute Gasteiger partial charge is 0.489 e. The van der Waals surface area contributed by atoms with Gasteiger partial charge < -0.3 is 10.1 Å². The second-order valence-corrected chi connectivity index (χ2v) is 5.48. The number of rotatable bonds is 7. The van der Waals surface area contributed by atoms with E-state index in [0.29, 0.717) is 6.10 Å². The molecule has 2 nitrogen and oxygen atoms in total. The lowest BCUT2D eigenvalue weighted by Crippen LogP contribution is -2.32. The first-order valence-electron chi connectivity index (χ1n) is 7.16. The van der Waals surface area contributed by atoms with E-state index in [0.717, 1.165) is 24.8 Å². The van der Waals surface area contributed by atoms with E-state index in [2.05, 4.69) is 44.3 Å². The maximum atomic E-state index is 6.16. The summed E-state index contributed by atoms with van der Waals surface area (Å²) in [6.45, 7) is 7.44. The molecule has 0 bridgehead atoms. The minimum absolute atomic E-state index is 0.303. The van der Waals surface area contributed by atoms with E-state index in [9.17, 15) is 0 Å². The molecule has 100 valence electrons. The van der Waals surface area contributed by atoms with Gasteiger partial charge in [-0.15, -0.1) is 0 Å². The van der Waals surface area contributed by atoms with Crippen LogP contribution in [0.3, 0.4) is 0 Å². The summed E-state index contributed by atoms with van der Waals surface area (Å²) in [7, 11) is 0. The quantitative estimate of drug-likeness (QED) is 0.795. The van der Waals surface area contributed by atoms with E-state index in [4.69, 9.17) is 4.74 Å². The van der Waals surface area contributed by atoms with Crippen LogP contribution in [0.25, 0.3) is 0 Å². The Morgan fingerprint density at radius 3 is 2.72 bits per heavy atom. The molecule has 1 saturated carbocycles. The van der Waals surface area contributed by atoms with E-state index in [1.807, 2.05) is 0 Å². The predicted molar refractivity (Wildman–Crippen MR) is 76.3 cm³/mol. The Bertz CT molecular complexity index is 385. The van der Waals surface area contributed by atoms with Crippen LogP contribution in [-0.2, 0) is 0 Å². The molecular weight excluding hydrogens is 222 g/mol. The molecule has 0 aromatic heterocycles. The molecule has 2 heteroatoms. The number of aryl methyl sites for hydroxylation is 2. The lowest BCUT2D eigenvalue weighted by molar-refractivity contribution is 0.184. The third-order valence-corrected chi connectivity index (χ3v) is 3.45. The highest BCUT2D eigenvalue weighted by molar-refractivity contribution is 5.35. The highest BCUT2D eigenvalue weighted by Crippen LogP contribution is 2.22. The molecule has 0 saturated heterocycles. The summed E-state index contributed by atoms with van der Waals surface area (Å²) in [4.78, 5) is 0. The molecule has 1 aromatic carbocycles. The van der Waals surface area contributed by atoms with Crippen molar-refractivity contribution >= 4 is 0 Å². The highest BCUT2D eigenvalue weighted by Gasteiger charge is 2.22. The van der Waals surface area contributed by atoms with Gasteiger partial charge in [-0.3, -0.25) is 0 Å². The first-order chi connectivity index (χ1) is 8.69. The molecule has 2 rings (SSSR count). The molecule has 1 aromatic rings. The fraction of sp³-hybridized carbons (Fsp3) is 0.625. The van der Waals surface area contributed by atoms with Gasteiger partial charge in [0.15, 0.2) is 0 Å². The van der Waals surface area contributed by atoms with Gasteiger partial charge in [-0.1, -0.05) is 31.0 Å². The first-order valence-corrected chi connectivity index (χ1v) is 7.16. The molecule has 1 N–H and O–H groups in total. The highest BCUT2D eigenvalue weighted by atomic mass is 16.5. The summed E-state index contributed by atoms with van der Waals surface area (Å²) < 4.78 is 6.16. The van der Waals surface area contributed by atoms with E-state index in [1.54, 1.807) is 0 Å². The van der Waals surface area contributed by atoms with Crippen LogP contribution in [0.5, 0.6) is 5.75 Å². The van der Waals surface area contributed by atoms with Gasteiger partial charge in [0.05, 0.1) is 0 Å². The van der Waals surface area contributed by atoms with Crippen LogP contribution in [0.2, 0.25) is 0 Å². The first kappa shape index (κ1) is 13.4. The minimum atomic E-state index is 0.303. The number of benzene rings is 1. The Morgan fingerprint density at radius 1 is 1.33 bits per heavy atom. The topological polar surface area (TPSA) is 21.3 Å². The van der Waals surface area contributed by atoms with Gasteiger partial charge in [0.1, 0.15) is 11.9 Å². The van der Waals surface area contributed by atoms with Gasteiger partial charge in [0.2, 0.25) is 0 Å². The maximum absolute atomic E-state index is 6.16. The Balaban J connectivity index is 1.92. The molecule has 1 aliphatic carbocycles. The molecule has 0 aliphatic heterocycles. The van der Waals surface area contributed by atoms with Gasteiger partial charge in [-0.25, -0.2) is 0 Å². The fourth-order valence-corrected chi connectivity index (χ4v) is 2.22. The van der Waals surface area contributed by atoms with Crippen molar-refractivity contribution in [2.45, 2.75) is 58.6 Å². The third-order valence-electron chi connectivity index (χ3n) is 3.45. The van der Waals surface area contributed by atoms with Crippen LogP contribution < -0.4 is 10.1 Å². The van der Waals surface area contributed by atoms with E-state index in [1.165, 1.54) is 30.4 Å². The SMILES string of the molecule is CCCC(CNC1CC1)Oc1ccc(C)cc1C. The summed E-state index contributed by atoms with van der Waals surface area (Å²) in [6.07, 6.45) is 5.26. The van der Waals surface area contributed by atoms with Crippen LogP contribution in [0.4, 0.5) is 0 Å². The standard InChI is InChI=1S/C16H25NO/c1-4-5-15(11-17-14-7-8-14)18-16-9-6-12(2)10-13(16)3/h6,9-10,14-15,17H,4-5,7-8,11H2,1-3H3. The number of hydrogen-bond donors (Lipinski definition) is 1. The molecule has 0 spiro atoms. The normalized spacial score (nSPS) is 16.6. The lowest BCUT2D eigenvalue weighted by Gasteiger charge is -2.20. The summed E-state index contributed by atoms with van der Waals surface area (Å²) in [5.74, 6) is 1.04. The molecule has 1 atom stereocenters. The van der Waals surface area contributed by atoms with Gasteiger partial charge in [-0.05, 0) is 44.7 Å². The van der Waals surface area contributed by atoms with Crippen molar-refractivity contribution in [2.24, 2.45) is 0 Å². The van der Waals surface area contributed by atoms with E-state index in [-0.39, 0.29) is 0 Å².